The second-order valence-corrected chi connectivity index (χ2v) is 5.79. The molecule has 2 aromatic rings. The van der Waals surface area contributed by atoms with Crippen LogP contribution in [0.15, 0.2) is 29.0 Å². The van der Waals surface area contributed by atoms with Crippen LogP contribution in [-0.4, -0.2) is 15.6 Å². The summed E-state index contributed by atoms with van der Waals surface area (Å²) in [6, 6.07) is 6.62. The minimum Gasteiger partial charge on any atom is -0.327 e. The summed E-state index contributed by atoms with van der Waals surface area (Å²) in [7, 11) is 0. The van der Waals surface area contributed by atoms with Gasteiger partial charge in [0.25, 0.3) is 0 Å². The van der Waals surface area contributed by atoms with Gasteiger partial charge >= 0.3 is 0 Å². The van der Waals surface area contributed by atoms with Crippen LogP contribution in [-0.2, 0) is 6.42 Å². The fourth-order valence-electron chi connectivity index (χ4n) is 2.04. The van der Waals surface area contributed by atoms with Gasteiger partial charge in [-0.1, -0.05) is 28.9 Å². The van der Waals surface area contributed by atoms with Crippen molar-refractivity contribution in [1.82, 2.24) is 9.55 Å². The Morgan fingerprint density at radius 1 is 1.37 bits per heavy atom. The lowest BCUT2D eigenvalue weighted by atomic mass is 10.0. The number of aromatic nitrogens is 2. The van der Waals surface area contributed by atoms with Gasteiger partial charge in [-0.3, -0.25) is 0 Å². The van der Waals surface area contributed by atoms with Crippen LogP contribution in [0.4, 0.5) is 0 Å². The lowest BCUT2D eigenvalue weighted by Gasteiger charge is -2.12. The lowest BCUT2D eigenvalue weighted by molar-refractivity contribution is 0.645. The van der Waals surface area contributed by atoms with E-state index in [0.29, 0.717) is 0 Å². The molecule has 1 aromatic heterocycles. The van der Waals surface area contributed by atoms with E-state index in [4.69, 9.17) is 5.73 Å². The zero-order chi connectivity index (χ0) is 14.0. The summed E-state index contributed by atoms with van der Waals surface area (Å²) in [5, 5.41) is 0. The highest BCUT2D eigenvalue weighted by Gasteiger charge is 2.09. The third-order valence-corrected chi connectivity index (χ3v) is 4.31. The summed E-state index contributed by atoms with van der Waals surface area (Å²) in [6.45, 7) is 6.22. The van der Waals surface area contributed by atoms with E-state index in [0.717, 1.165) is 28.7 Å². The van der Waals surface area contributed by atoms with Gasteiger partial charge in [-0.2, -0.15) is 0 Å². The quantitative estimate of drug-likeness (QED) is 0.936. The van der Waals surface area contributed by atoms with E-state index in [-0.39, 0.29) is 6.04 Å². The van der Waals surface area contributed by atoms with Gasteiger partial charge in [-0.25, -0.2) is 4.98 Å². The standard InChI is InChI=1S/C15H20BrN3/c1-4-13(17)7-12-5-6-14(8-15(12)16)19-9-18-10(2)11(19)3/h5-6,8-9,13H,4,7,17H2,1-3H3. The van der Waals surface area contributed by atoms with Gasteiger partial charge in [0, 0.05) is 21.9 Å². The molecule has 0 spiro atoms. The number of nitrogens with zero attached hydrogens (tertiary/aromatic N) is 2. The van der Waals surface area contributed by atoms with Crippen LogP contribution in [0.5, 0.6) is 0 Å². The maximum atomic E-state index is 6.01. The maximum absolute atomic E-state index is 6.01. The number of rotatable bonds is 4. The minimum absolute atomic E-state index is 0.222. The highest BCUT2D eigenvalue weighted by Crippen LogP contribution is 2.23. The minimum atomic E-state index is 0.222. The monoisotopic (exact) mass is 321 g/mol. The molecule has 0 saturated carbocycles. The van der Waals surface area contributed by atoms with Gasteiger partial charge in [0.05, 0.1) is 12.0 Å². The lowest BCUT2D eigenvalue weighted by Crippen LogP contribution is -2.21. The van der Waals surface area contributed by atoms with Gasteiger partial charge in [0.2, 0.25) is 0 Å². The van der Waals surface area contributed by atoms with Crippen molar-refractivity contribution in [2.24, 2.45) is 5.73 Å². The topological polar surface area (TPSA) is 43.8 Å². The highest BCUT2D eigenvalue weighted by atomic mass is 79.9. The first-order chi connectivity index (χ1) is 9.02. The largest absolute Gasteiger partial charge is 0.327 e. The Labute approximate surface area is 123 Å². The molecule has 2 N–H and O–H groups in total. The van der Waals surface area contributed by atoms with Crippen molar-refractivity contribution < 1.29 is 0 Å². The number of hydrogen-bond donors (Lipinski definition) is 1. The van der Waals surface area contributed by atoms with E-state index in [2.05, 4.69) is 57.5 Å². The number of halogens is 1. The molecule has 0 radical (unpaired) electrons. The Hall–Kier alpha value is -1.13. The molecular weight excluding hydrogens is 302 g/mol. The summed E-state index contributed by atoms with van der Waals surface area (Å²) >= 11 is 3.64. The fourth-order valence-corrected chi connectivity index (χ4v) is 2.57. The molecular formula is C15H20BrN3. The van der Waals surface area contributed by atoms with Gasteiger partial charge in [0.15, 0.2) is 0 Å². The van der Waals surface area contributed by atoms with Gasteiger partial charge in [-0.05, 0) is 44.4 Å². The van der Waals surface area contributed by atoms with Crippen LogP contribution in [0.3, 0.4) is 0 Å². The Balaban J connectivity index is 2.31. The summed E-state index contributed by atoms with van der Waals surface area (Å²) < 4.78 is 3.21. The normalized spacial score (nSPS) is 12.7. The van der Waals surface area contributed by atoms with Crippen LogP contribution in [0.2, 0.25) is 0 Å². The van der Waals surface area contributed by atoms with E-state index in [1.165, 1.54) is 11.3 Å². The molecule has 19 heavy (non-hydrogen) atoms. The molecule has 0 amide bonds. The first-order valence-corrected chi connectivity index (χ1v) is 7.37. The van der Waals surface area contributed by atoms with Crippen molar-refractivity contribution in [2.75, 3.05) is 0 Å². The van der Waals surface area contributed by atoms with Crippen LogP contribution in [0.25, 0.3) is 5.69 Å². The van der Waals surface area contributed by atoms with Crippen LogP contribution in [0.1, 0.15) is 30.3 Å². The fraction of sp³-hybridized carbons (Fsp3) is 0.400. The number of aryl methyl sites for hydroxylation is 1. The molecule has 1 atom stereocenters. The van der Waals surface area contributed by atoms with Crippen LogP contribution in [0, 0.1) is 13.8 Å². The predicted molar refractivity (Wildman–Crippen MR) is 82.7 cm³/mol. The summed E-state index contributed by atoms with van der Waals surface area (Å²) in [5.41, 5.74) is 10.6. The molecule has 0 aliphatic carbocycles. The van der Waals surface area contributed by atoms with E-state index >= 15 is 0 Å². The zero-order valence-electron chi connectivity index (χ0n) is 11.7. The van der Waals surface area contributed by atoms with Crippen LogP contribution < -0.4 is 5.73 Å². The van der Waals surface area contributed by atoms with Gasteiger partial charge in [-0.15, -0.1) is 0 Å². The molecule has 0 aliphatic rings. The van der Waals surface area contributed by atoms with Crippen molar-refractivity contribution in [3.05, 3.63) is 46.0 Å². The average Bonchev–Trinajstić information content (AvgIpc) is 2.72. The number of nitrogens with two attached hydrogens (primary N) is 1. The molecule has 1 heterocycles. The molecule has 0 fully saturated rings. The average molecular weight is 322 g/mol. The third kappa shape index (κ3) is 3.07. The molecule has 102 valence electrons. The summed E-state index contributed by atoms with van der Waals surface area (Å²) in [4.78, 5) is 4.33. The van der Waals surface area contributed by atoms with Crippen LogP contribution >= 0.6 is 15.9 Å². The molecule has 3 nitrogen and oxygen atoms in total. The summed E-state index contributed by atoms with van der Waals surface area (Å²) in [6.07, 6.45) is 3.76. The van der Waals surface area contributed by atoms with Crippen molar-refractivity contribution in [2.45, 2.75) is 39.7 Å². The van der Waals surface area contributed by atoms with E-state index < -0.39 is 0 Å². The molecule has 0 saturated heterocycles. The number of imidazole rings is 1. The second-order valence-electron chi connectivity index (χ2n) is 4.93. The SMILES string of the molecule is CCC(N)Cc1ccc(-n2cnc(C)c2C)cc1Br. The molecule has 0 aliphatic heterocycles. The maximum Gasteiger partial charge on any atom is 0.0997 e. The van der Waals surface area contributed by atoms with E-state index in [1.54, 1.807) is 0 Å². The molecule has 2 rings (SSSR count). The first kappa shape index (κ1) is 14.3. The van der Waals surface area contributed by atoms with E-state index in [9.17, 15) is 0 Å². The predicted octanol–water partition coefficient (Wildman–Crippen LogP) is 3.53. The Morgan fingerprint density at radius 2 is 2.11 bits per heavy atom. The number of hydrogen-bond acceptors (Lipinski definition) is 2. The third-order valence-electron chi connectivity index (χ3n) is 3.57. The van der Waals surface area contributed by atoms with Crippen molar-refractivity contribution in [3.8, 4) is 5.69 Å². The highest BCUT2D eigenvalue weighted by molar-refractivity contribution is 9.10. The second kappa shape index (κ2) is 5.88. The molecule has 1 aromatic carbocycles. The van der Waals surface area contributed by atoms with Crippen molar-refractivity contribution >= 4 is 15.9 Å². The summed E-state index contributed by atoms with van der Waals surface area (Å²) in [5.74, 6) is 0. The van der Waals surface area contributed by atoms with E-state index in [1.807, 2.05) is 13.3 Å². The Bertz CT molecular complexity index is 575. The van der Waals surface area contributed by atoms with Crippen molar-refractivity contribution in [1.29, 1.82) is 0 Å². The zero-order valence-corrected chi connectivity index (χ0v) is 13.2. The Kier molecular flexibility index (Phi) is 4.42. The van der Waals surface area contributed by atoms with Crippen molar-refractivity contribution in [3.63, 3.8) is 0 Å². The Morgan fingerprint density at radius 3 is 2.63 bits per heavy atom. The molecule has 1 unspecified atom stereocenters. The smallest absolute Gasteiger partial charge is 0.0997 e. The first-order valence-electron chi connectivity index (χ1n) is 6.57. The molecule has 4 heteroatoms. The van der Waals surface area contributed by atoms with Gasteiger partial charge < -0.3 is 10.3 Å². The van der Waals surface area contributed by atoms with Gasteiger partial charge in [0.1, 0.15) is 0 Å². The molecule has 0 bridgehead atoms. The number of benzene rings is 1.